The molecular formula is C8H12F10O6S2. The van der Waals surface area contributed by atoms with Crippen LogP contribution >= 0.6 is 0 Å². The fraction of sp³-hybridized carbons (Fsp3) is 1.00. The Labute approximate surface area is 140 Å². The minimum atomic E-state index is -7.37. The van der Waals surface area contributed by atoms with Crippen molar-refractivity contribution in [3.63, 3.8) is 0 Å². The Morgan fingerprint density at radius 2 is 1.12 bits per heavy atom. The van der Waals surface area contributed by atoms with E-state index in [1.165, 1.54) is 0 Å². The monoisotopic (exact) mass is 458 g/mol. The number of unbranched alkanes of at least 4 members (excludes halogenated alkanes) is 1. The maximum Gasteiger partial charge on any atom is 0.460 e. The fourth-order valence-corrected chi connectivity index (χ4v) is 1.96. The second kappa shape index (κ2) is 8.87. The van der Waals surface area contributed by atoms with Crippen LogP contribution in [-0.4, -0.2) is 55.0 Å². The van der Waals surface area contributed by atoms with Crippen molar-refractivity contribution in [1.29, 1.82) is 0 Å². The molecule has 0 aliphatic heterocycles. The molecule has 26 heavy (non-hydrogen) atoms. The van der Waals surface area contributed by atoms with Crippen molar-refractivity contribution in [3.05, 3.63) is 0 Å². The van der Waals surface area contributed by atoms with Gasteiger partial charge in [-0.3, -0.25) is 13.8 Å². The zero-order valence-corrected chi connectivity index (χ0v) is 13.9. The van der Waals surface area contributed by atoms with Crippen molar-refractivity contribution in [3.8, 4) is 0 Å². The molecule has 0 saturated heterocycles. The molecule has 0 aliphatic carbocycles. The average molecular weight is 458 g/mol. The summed E-state index contributed by atoms with van der Waals surface area (Å²) in [6.07, 6.45) is -5.80. The second-order valence-corrected chi connectivity index (χ2v) is 7.31. The Bertz CT molecular complexity index is 639. The van der Waals surface area contributed by atoms with E-state index in [9.17, 15) is 56.3 Å². The van der Waals surface area contributed by atoms with E-state index in [0.29, 0.717) is 6.42 Å². The average Bonchev–Trinajstić information content (AvgIpc) is 2.33. The number of hydrogen-bond donors (Lipinski definition) is 2. The summed E-state index contributed by atoms with van der Waals surface area (Å²) in [6.45, 7) is 1.87. The SMILES string of the molecule is CCCCS(=O)(=O)O.F.O=S(=O)(O)C(F)(F)C(F)(F)C(F)(F)C(F)(F)F. The maximum absolute atomic E-state index is 12.2. The largest absolute Gasteiger partial charge is 0.460 e. The summed E-state index contributed by atoms with van der Waals surface area (Å²) in [7, 11) is -10.9. The van der Waals surface area contributed by atoms with Crippen LogP contribution in [0.3, 0.4) is 0 Å². The number of halogens is 10. The van der Waals surface area contributed by atoms with Crippen LogP contribution in [0, 0.1) is 0 Å². The van der Waals surface area contributed by atoms with E-state index in [2.05, 4.69) is 0 Å². The summed E-state index contributed by atoms with van der Waals surface area (Å²) in [5.41, 5.74) is 0. The first-order valence-electron chi connectivity index (χ1n) is 5.68. The molecule has 0 amide bonds. The molecule has 0 fully saturated rings. The Balaban J connectivity index is -0.000000498. The Kier molecular flexibility index (Phi) is 10.2. The predicted octanol–water partition coefficient (Wildman–Crippen LogP) is 3.13. The summed E-state index contributed by atoms with van der Waals surface area (Å²) in [4.78, 5) is 0. The second-order valence-electron chi connectivity index (χ2n) is 4.28. The normalized spacial score (nSPS) is 14.2. The number of alkyl halides is 9. The topological polar surface area (TPSA) is 109 Å². The molecule has 0 bridgehead atoms. The molecule has 0 aromatic heterocycles. The van der Waals surface area contributed by atoms with E-state index in [1.807, 2.05) is 6.92 Å². The Morgan fingerprint density at radius 1 is 0.769 bits per heavy atom. The molecule has 0 aromatic rings. The lowest BCUT2D eigenvalue weighted by Gasteiger charge is -2.31. The summed E-state index contributed by atoms with van der Waals surface area (Å²) in [5.74, 6) is -14.8. The van der Waals surface area contributed by atoms with Crippen molar-refractivity contribution in [2.75, 3.05) is 5.75 Å². The third kappa shape index (κ3) is 7.03. The fourth-order valence-electron chi connectivity index (χ4n) is 0.850. The van der Waals surface area contributed by atoms with Gasteiger partial charge in [0.25, 0.3) is 10.1 Å². The van der Waals surface area contributed by atoms with Crippen molar-refractivity contribution in [1.82, 2.24) is 0 Å². The zero-order valence-electron chi connectivity index (χ0n) is 12.3. The van der Waals surface area contributed by atoms with Gasteiger partial charge in [0.15, 0.2) is 0 Å². The van der Waals surface area contributed by atoms with Gasteiger partial charge in [0.05, 0.1) is 5.75 Å². The lowest BCUT2D eigenvalue weighted by atomic mass is 10.1. The van der Waals surface area contributed by atoms with E-state index < -0.39 is 43.5 Å². The highest BCUT2D eigenvalue weighted by atomic mass is 32.2. The third-order valence-electron chi connectivity index (χ3n) is 2.20. The summed E-state index contributed by atoms with van der Waals surface area (Å²) in [6, 6.07) is 0. The molecule has 18 heteroatoms. The van der Waals surface area contributed by atoms with Gasteiger partial charge in [0.2, 0.25) is 0 Å². The van der Waals surface area contributed by atoms with Gasteiger partial charge in [-0.15, -0.1) is 0 Å². The zero-order chi connectivity index (χ0) is 21.1. The first-order chi connectivity index (χ1) is 10.6. The lowest BCUT2D eigenvalue weighted by Crippen LogP contribution is -2.63. The van der Waals surface area contributed by atoms with Crippen LogP contribution in [0.5, 0.6) is 0 Å². The standard InChI is InChI=1S/C4HF9O3S.C4H10O3S.FH/c5-1(6,3(9,10)11)2(7,8)4(12,13)17(14,15)16;1-2-3-4-8(5,6)7;/h(H,14,15,16);2-4H2,1H3,(H,5,6,7);1H. The van der Waals surface area contributed by atoms with Gasteiger partial charge in [0.1, 0.15) is 0 Å². The Morgan fingerprint density at radius 3 is 1.27 bits per heavy atom. The molecule has 0 heterocycles. The molecule has 0 atom stereocenters. The third-order valence-corrected chi connectivity index (χ3v) is 3.90. The summed E-state index contributed by atoms with van der Waals surface area (Å²) < 4.78 is 162. The van der Waals surface area contributed by atoms with Crippen molar-refractivity contribution in [2.45, 2.75) is 43.0 Å². The molecule has 162 valence electrons. The molecule has 0 radical (unpaired) electrons. The molecule has 0 aromatic carbocycles. The molecular weight excluding hydrogens is 446 g/mol. The van der Waals surface area contributed by atoms with Crippen LogP contribution in [0.25, 0.3) is 0 Å². The molecule has 0 saturated carbocycles. The van der Waals surface area contributed by atoms with Gasteiger partial charge in [-0.05, 0) is 6.42 Å². The van der Waals surface area contributed by atoms with Crippen LogP contribution in [0.2, 0.25) is 0 Å². The van der Waals surface area contributed by atoms with Crippen LogP contribution in [0.15, 0.2) is 0 Å². The van der Waals surface area contributed by atoms with Crippen LogP contribution < -0.4 is 0 Å². The molecule has 2 N–H and O–H groups in total. The highest BCUT2D eigenvalue weighted by Gasteiger charge is 2.85. The van der Waals surface area contributed by atoms with Crippen LogP contribution in [-0.2, 0) is 20.2 Å². The van der Waals surface area contributed by atoms with Gasteiger partial charge in [-0.25, -0.2) is 0 Å². The number of hydrogen-bond acceptors (Lipinski definition) is 4. The smallest absolute Gasteiger partial charge is 0.286 e. The van der Waals surface area contributed by atoms with E-state index in [-0.39, 0.29) is 10.5 Å². The van der Waals surface area contributed by atoms with Gasteiger partial charge in [-0.1, -0.05) is 13.3 Å². The minimum Gasteiger partial charge on any atom is -0.286 e. The van der Waals surface area contributed by atoms with Crippen molar-refractivity contribution in [2.24, 2.45) is 0 Å². The quantitative estimate of drug-likeness (QED) is 0.468. The van der Waals surface area contributed by atoms with Crippen molar-refractivity contribution < 1.29 is 70.2 Å². The number of rotatable bonds is 6. The van der Waals surface area contributed by atoms with Crippen molar-refractivity contribution >= 4 is 20.2 Å². The van der Waals surface area contributed by atoms with Crippen LogP contribution in [0.1, 0.15) is 19.8 Å². The lowest BCUT2D eigenvalue weighted by molar-refractivity contribution is -0.382. The van der Waals surface area contributed by atoms with E-state index in [1.54, 1.807) is 0 Å². The van der Waals surface area contributed by atoms with E-state index in [0.717, 1.165) is 6.42 Å². The van der Waals surface area contributed by atoms with Gasteiger partial charge in [-0.2, -0.15) is 56.3 Å². The summed E-state index contributed by atoms with van der Waals surface area (Å²) in [5, 5.41) is -7.00. The molecule has 0 spiro atoms. The first-order valence-corrected chi connectivity index (χ1v) is 8.73. The molecule has 6 nitrogen and oxygen atoms in total. The predicted molar refractivity (Wildman–Crippen MR) is 66.3 cm³/mol. The molecule has 0 rings (SSSR count). The summed E-state index contributed by atoms with van der Waals surface area (Å²) >= 11 is 0. The molecule has 0 unspecified atom stereocenters. The van der Waals surface area contributed by atoms with E-state index in [4.69, 9.17) is 9.11 Å². The van der Waals surface area contributed by atoms with Crippen LogP contribution in [0.4, 0.5) is 44.2 Å². The maximum atomic E-state index is 12.2. The highest BCUT2D eigenvalue weighted by Crippen LogP contribution is 2.54. The minimum absolute atomic E-state index is 0. The highest BCUT2D eigenvalue weighted by molar-refractivity contribution is 7.87. The first kappa shape index (κ1) is 29.9. The van der Waals surface area contributed by atoms with E-state index >= 15 is 0 Å². The Hall–Kier alpha value is -0.880. The van der Waals surface area contributed by atoms with Gasteiger partial charge < -0.3 is 0 Å². The molecule has 0 aliphatic rings. The van der Waals surface area contributed by atoms with Gasteiger partial charge in [0, 0.05) is 0 Å². The van der Waals surface area contributed by atoms with Gasteiger partial charge >= 0.3 is 33.4 Å².